The fourth-order valence-electron chi connectivity index (χ4n) is 13.6. The molecule has 3 aromatic carbocycles. The first kappa shape index (κ1) is 85.0. The average molecular weight is 1560 g/mol. The molecular weight excluding hydrogens is 1450 g/mol. The fraction of sp³-hybridized carbons (Fsp3) is 0.494. The molecule has 608 valence electrons. The van der Waals surface area contributed by atoms with E-state index in [1.165, 1.54) is 0 Å². The number of hydrogen-bond acceptors (Lipinski definition) is 28. The molecule has 12 rings (SSSR count). The molecule has 32 heteroatoms. The molecule has 0 aliphatic carbocycles. The predicted molar refractivity (Wildman–Crippen MR) is 430 cm³/mol. The van der Waals surface area contributed by atoms with Crippen molar-refractivity contribution in [1.29, 1.82) is 0 Å². The van der Waals surface area contributed by atoms with Crippen LogP contribution in [0.1, 0.15) is 67.1 Å². The number of aliphatic hydroxyl groups excluding tert-OH is 3. The number of nitrogens with one attached hydrogen (secondary N) is 3. The van der Waals surface area contributed by atoms with Crippen LogP contribution in [0, 0.1) is 48.5 Å². The van der Waals surface area contributed by atoms with Crippen LogP contribution >= 0.6 is 0 Å². The number of ether oxygens (including phenoxy) is 4. The number of aryl methyl sites for hydroxylation is 6. The number of urea groups is 1. The van der Waals surface area contributed by atoms with Gasteiger partial charge in [0.25, 0.3) is 0 Å². The molecule has 0 saturated carbocycles. The summed E-state index contributed by atoms with van der Waals surface area (Å²) in [5, 5.41) is 51.2. The number of amides is 3. The average Bonchev–Trinajstić information content (AvgIpc) is 1.27. The van der Waals surface area contributed by atoms with Crippen molar-refractivity contribution in [1.82, 2.24) is 80.9 Å². The van der Waals surface area contributed by atoms with Gasteiger partial charge >= 0.3 is 12.1 Å². The fourth-order valence-corrected chi connectivity index (χ4v) is 13.6. The topological polar surface area (TPSA) is 346 Å². The highest BCUT2D eigenvalue weighted by atomic mass is 19.1. The number of hydrogen-bond donors (Lipinski definition) is 6. The Bertz CT molecular complexity index is 4520. The van der Waals surface area contributed by atoms with E-state index in [0.29, 0.717) is 137 Å². The van der Waals surface area contributed by atoms with Crippen LogP contribution in [0.25, 0.3) is 67.9 Å². The van der Waals surface area contributed by atoms with Gasteiger partial charge in [0.05, 0.1) is 57.5 Å². The molecule has 113 heavy (non-hydrogen) atoms. The number of carbonyl (C=O) groups is 2. The number of aromatic nitrogens is 9. The van der Waals surface area contributed by atoms with Crippen molar-refractivity contribution in [3.8, 4) is 85.2 Å². The van der Waals surface area contributed by atoms with E-state index in [1.807, 2.05) is 145 Å². The third-order valence-corrected chi connectivity index (χ3v) is 19.4. The van der Waals surface area contributed by atoms with E-state index in [4.69, 9.17) is 62.4 Å². The second-order valence-electron chi connectivity index (χ2n) is 28.8. The number of benzene rings is 3. The minimum Gasteiger partial charge on any atom is -0.491 e. The molecule has 3 amide bonds. The second kappa shape index (κ2) is 40.3. The zero-order valence-electron chi connectivity index (χ0n) is 67.7. The van der Waals surface area contributed by atoms with Crippen molar-refractivity contribution < 1.29 is 61.8 Å². The third kappa shape index (κ3) is 22.5. The Labute approximate surface area is 660 Å². The molecular formula is C81H110FN19O12. The Hall–Kier alpha value is -10.5. The first-order valence-electron chi connectivity index (χ1n) is 38.5. The summed E-state index contributed by atoms with van der Waals surface area (Å²) < 4.78 is 52.7. The van der Waals surface area contributed by atoms with Crippen LogP contribution in [0.2, 0.25) is 0 Å². The number of halogens is 1. The van der Waals surface area contributed by atoms with Crippen LogP contribution in [-0.2, 0) is 4.74 Å². The smallest absolute Gasteiger partial charge is 0.409 e. The number of anilines is 3. The van der Waals surface area contributed by atoms with E-state index in [1.54, 1.807) is 52.0 Å². The molecule has 3 aliphatic rings. The van der Waals surface area contributed by atoms with Crippen molar-refractivity contribution in [3.63, 3.8) is 0 Å². The minimum absolute atomic E-state index is 0.0103. The van der Waals surface area contributed by atoms with E-state index < -0.39 is 24.5 Å². The van der Waals surface area contributed by atoms with Gasteiger partial charge in [-0.05, 0) is 126 Å². The molecule has 6 aromatic heterocycles. The van der Waals surface area contributed by atoms with Crippen molar-refractivity contribution in [2.45, 2.75) is 106 Å². The number of nitrogens with zero attached hydrogens (tertiary/aromatic N) is 16. The maximum Gasteiger partial charge on any atom is 0.409 e. The third-order valence-electron chi connectivity index (χ3n) is 19.4. The van der Waals surface area contributed by atoms with Crippen LogP contribution in [-0.4, -0.2) is 283 Å². The molecule has 3 saturated heterocycles. The van der Waals surface area contributed by atoms with Crippen molar-refractivity contribution in [3.05, 3.63) is 125 Å². The first-order valence-corrected chi connectivity index (χ1v) is 38.5. The molecule has 0 radical (unpaired) electrons. The zero-order valence-corrected chi connectivity index (χ0v) is 67.7. The summed E-state index contributed by atoms with van der Waals surface area (Å²) in [6, 6.07) is 26.7. The maximum absolute atomic E-state index is 13.7. The Morgan fingerprint density at radius 3 is 1.37 bits per heavy atom. The summed E-state index contributed by atoms with van der Waals surface area (Å²) in [5.74, 6) is 7.94. The molecule has 9 aromatic rings. The van der Waals surface area contributed by atoms with Gasteiger partial charge in [0.2, 0.25) is 0 Å². The minimum atomic E-state index is -0.861. The van der Waals surface area contributed by atoms with E-state index >= 15 is 0 Å². The van der Waals surface area contributed by atoms with Gasteiger partial charge in [-0.15, -0.1) is 0 Å². The molecule has 6 N–H and O–H groups in total. The van der Waals surface area contributed by atoms with Crippen LogP contribution in [0.15, 0.2) is 98.5 Å². The highest BCUT2D eigenvalue weighted by Gasteiger charge is 2.31. The van der Waals surface area contributed by atoms with Crippen LogP contribution in [0.4, 0.5) is 31.4 Å². The van der Waals surface area contributed by atoms with Gasteiger partial charge in [0.1, 0.15) is 96.3 Å². The van der Waals surface area contributed by atoms with Gasteiger partial charge in [-0.25, -0.2) is 43.9 Å². The lowest BCUT2D eigenvalue weighted by molar-refractivity contribution is 0.100. The second-order valence-corrected chi connectivity index (χ2v) is 28.8. The summed E-state index contributed by atoms with van der Waals surface area (Å²) >= 11 is 0. The van der Waals surface area contributed by atoms with Gasteiger partial charge in [0, 0.05) is 153 Å². The standard InChI is InChI=1S/C28H38N6O5.C27H37FN6O3.C26H35N7O4/c1-6-14-37-28(36)34-12-10-33(11-13-34)27-18(2)25(24-19(3)32-39-20(24)4)30-26(31-27)21-8-7-9-23(15-21)38-17-22(35)16-29-5;1-17(28)14-33-9-10-34(15-18(33)2)25-12-24(26-19(3)32-37-20(26)4)30-27(31-25)21-7-6-8-23(11-21)36-16-22(35)13-29-5;1-17-24(18(2)37-30-17)22-14-23(32-9-11-33(12-10-32)26(35)31(4)5)29-25(28-22)19-7-6-8-21(13-19)36-16-20(34)15-27-3/h7-9,15,22,29,35H,6,10-14,16-17H2,1-5H3;6-8,11-12,17-18,22,29,35H,9-10,13-16H2,1-5H3;6-8,13-14,20,27,34H,9-12,15-16H2,1-5H3/t;17?,18-,22?;/m.0./s1. The number of aliphatic hydroxyl groups is 3. The van der Waals surface area contributed by atoms with Gasteiger partial charge in [-0.2, -0.15) is 0 Å². The summed E-state index contributed by atoms with van der Waals surface area (Å²) in [7, 11) is 8.88. The van der Waals surface area contributed by atoms with Crippen LogP contribution < -0.4 is 44.9 Å². The molecule has 31 nitrogen and oxygen atoms in total. The number of alkyl halides is 1. The van der Waals surface area contributed by atoms with Gasteiger partial charge in [0.15, 0.2) is 17.5 Å². The summed E-state index contributed by atoms with van der Waals surface area (Å²) in [6.45, 7) is 28.8. The molecule has 3 fully saturated rings. The van der Waals surface area contributed by atoms with Gasteiger partial charge in [-0.3, -0.25) is 4.90 Å². The number of piperazine rings is 3. The monoisotopic (exact) mass is 1560 g/mol. The van der Waals surface area contributed by atoms with Crippen LogP contribution in [0.3, 0.4) is 0 Å². The quantitative estimate of drug-likeness (QED) is 0.0267. The lowest BCUT2D eigenvalue weighted by Gasteiger charge is -2.40. The van der Waals surface area contributed by atoms with Crippen molar-refractivity contribution in [2.75, 3.05) is 175 Å². The normalized spacial score (nSPS) is 15.7. The Morgan fingerprint density at radius 1 is 0.549 bits per heavy atom. The lowest BCUT2D eigenvalue weighted by atomic mass is 10.0. The first-order chi connectivity index (χ1) is 54.3. The van der Waals surface area contributed by atoms with Crippen LogP contribution in [0.5, 0.6) is 17.2 Å². The van der Waals surface area contributed by atoms with E-state index in [0.717, 1.165) is 117 Å². The zero-order chi connectivity index (χ0) is 81.0. The number of carbonyl (C=O) groups excluding carboxylic acids is 2. The Morgan fingerprint density at radius 2 is 0.965 bits per heavy atom. The largest absolute Gasteiger partial charge is 0.491 e. The van der Waals surface area contributed by atoms with E-state index in [-0.39, 0.29) is 38.0 Å². The molecule has 5 atom stereocenters. The van der Waals surface area contributed by atoms with Crippen molar-refractivity contribution >= 4 is 29.6 Å². The molecule has 4 unspecified atom stereocenters. The molecule has 0 spiro atoms. The summed E-state index contributed by atoms with van der Waals surface area (Å²) in [5.41, 5.74) is 10.3. The lowest BCUT2D eigenvalue weighted by Crippen LogP contribution is -2.53. The highest BCUT2D eigenvalue weighted by molar-refractivity contribution is 5.77. The summed E-state index contributed by atoms with van der Waals surface area (Å²) in [4.78, 5) is 68.3. The summed E-state index contributed by atoms with van der Waals surface area (Å²) in [6.07, 6.45) is -2.19. The number of likely N-dealkylation sites (N-methyl/N-ethyl adjacent to an activating group) is 3. The molecule has 9 heterocycles. The highest BCUT2D eigenvalue weighted by Crippen LogP contribution is 2.38. The Balaban J connectivity index is 0.000000180. The maximum atomic E-state index is 13.7. The van der Waals surface area contributed by atoms with Gasteiger partial charge < -0.3 is 93.2 Å². The van der Waals surface area contributed by atoms with Gasteiger partial charge in [-0.1, -0.05) is 58.8 Å². The predicted octanol–water partition coefficient (Wildman–Crippen LogP) is 8.77. The molecule has 0 bridgehead atoms. The molecule has 3 aliphatic heterocycles. The van der Waals surface area contributed by atoms with Crippen molar-refractivity contribution in [2.24, 2.45) is 0 Å². The Kier molecular flexibility index (Phi) is 30.3. The number of rotatable bonds is 28. The van der Waals surface area contributed by atoms with E-state index in [9.17, 15) is 29.3 Å². The van der Waals surface area contributed by atoms with E-state index in [2.05, 4.69) is 57.9 Å². The SMILES string of the molecule is CCCOC(=O)N1CCN(c2nc(-c3cccc(OCC(O)CNC)c3)nc(-c3c(C)noc3C)c2C)CC1.CNCC(O)COc1cccc(-c2nc(-c3c(C)noc3C)cc(N3CCN(C(=O)N(C)C)CC3)n2)c1.CNCC(O)COc1cccc(-c2nc(-c3c(C)noc3C)cc(N3CCN(CC(C)F)[C@@H](C)C3)n2)c1.